The van der Waals surface area contributed by atoms with E-state index >= 15 is 0 Å². The molecule has 0 fully saturated rings. The van der Waals surface area contributed by atoms with Crippen LogP contribution in [0.2, 0.25) is 0 Å². The van der Waals surface area contributed by atoms with Crippen LogP contribution in [-0.2, 0) is 11.2 Å². The Morgan fingerprint density at radius 2 is 1.52 bits per heavy atom. The van der Waals surface area contributed by atoms with E-state index in [0.29, 0.717) is 17.9 Å². The van der Waals surface area contributed by atoms with Gasteiger partial charge in [0.1, 0.15) is 11.5 Å². The van der Waals surface area contributed by atoms with Gasteiger partial charge < -0.3 is 9.47 Å². The van der Waals surface area contributed by atoms with Gasteiger partial charge in [-0.1, -0.05) is 64.5 Å². The minimum absolute atomic E-state index is 0.138. The summed E-state index contributed by atoms with van der Waals surface area (Å²) in [5.74, 6) is 0.761. The Bertz CT molecular complexity index is 829. The molecule has 0 atom stereocenters. The molecular formula is C21H17BrO3. The van der Waals surface area contributed by atoms with E-state index in [2.05, 4.69) is 28.1 Å². The smallest absolute Gasteiger partial charge is 0.349 e. The number of ether oxygens (including phenoxy) is 2. The van der Waals surface area contributed by atoms with Crippen LogP contribution >= 0.6 is 15.9 Å². The molecule has 0 spiro atoms. The minimum atomic E-state index is -0.427. The molecule has 3 aromatic rings. The zero-order valence-corrected chi connectivity index (χ0v) is 15.1. The summed E-state index contributed by atoms with van der Waals surface area (Å²) in [5.41, 5.74) is 2.13. The number of benzene rings is 3. The molecule has 3 aromatic carbocycles. The number of carbonyl (C=O) groups excluding carboxylic acids is 1. The molecule has 0 saturated heterocycles. The van der Waals surface area contributed by atoms with Gasteiger partial charge in [-0.05, 0) is 41.5 Å². The van der Waals surface area contributed by atoms with Crippen LogP contribution in [0.25, 0.3) is 0 Å². The largest absolute Gasteiger partial charge is 0.482 e. The summed E-state index contributed by atoms with van der Waals surface area (Å²) < 4.78 is 11.9. The van der Waals surface area contributed by atoms with Gasteiger partial charge in [0, 0.05) is 10.9 Å². The SMILES string of the molecule is O=C(COc1ccc(Br)cc1)Oc1ccccc1Cc1ccccc1. The Kier molecular flexibility index (Phi) is 5.86. The fourth-order valence-corrected chi connectivity index (χ4v) is 2.65. The first kappa shape index (κ1) is 17.2. The van der Waals surface area contributed by atoms with E-state index in [-0.39, 0.29) is 6.61 Å². The molecule has 25 heavy (non-hydrogen) atoms. The van der Waals surface area contributed by atoms with E-state index in [1.54, 1.807) is 18.2 Å². The van der Waals surface area contributed by atoms with Crippen molar-refractivity contribution in [3.05, 3.63) is 94.5 Å². The van der Waals surface area contributed by atoms with Crippen LogP contribution in [0.5, 0.6) is 11.5 Å². The lowest BCUT2D eigenvalue weighted by Crippen LogP contribution is -2.18. The molecular weight excluding hydrogens is 380 g/mol. The predicted molar refractivity (Wildman–Crippen MR) is 101 cm³/mol. The maximum absolute atomic E-state index is 12.1. The zero-order chi connectivity index (χ0) is 17.5. The molecule has 0 heterocycles. The van der Waals surface area contributed by atoms with E-state index in [9.17, 15) is 4.79 Å². The number of para-hydroxylation sites is 1. The average Bonchev–Trinajstić information content (AvgIpc) is 2.64. The summed E-state index contributed by atoms with van der Waals surface area (Å²) in [6.07, 6.45) is 0.706. The third-order valence-electron chi connectivity index (χ3n) is 3.60. The van der Waals surface area contributed by atoms with Crippen molar-refractivity contribution in [2.24, 2.45) is 0 Å². The lowest BCUT2D eigenvalue weighted by Gasteiger charge is -2.11. The molecule has 0 aliphatic carbocycles. The van der Waals surface area contributed by atoms with Gasteiger partial charge in [0.25, 0.3) is 0 Å². The normalized spacial score (nSPS) is 10.3. The lowest BCUT2D eigenvalue weighted by atomic mass is 10.0. The van der Waals surface area contributed by atoms with Crippen molar-refractivity contribution >= 4 is 21.9 Å². The molecule has 0 unspecified atom stereocenters. The molecule has 4 heteroatoms. The van der Waals surface area contributed by atoms with Crippen molar-refractivity contribution in [2.45, 2.75) is 6.42 Å². The van der Waals surface area contributed by atoms with Crippen molar-refractivity contribution in [1.82, 2.24) is 0 Å². The molecule has 0 aliphatic rings. The number of hydrogen-bond donors (Lipinski definition) is 0. The molecule has 0 bridgehead atoms. The Morgan fingerprint density at radius 3 is 2.28 bits per heavy atom. The van der Waals surface area contributed by atoms with Gasteiger partial charge in [-0.3, -0.25) is 0 Å². The highest BCUT2D eigenvalue weighted by Gasteiger charge is 2.10. The van der Waals surface area contributed by atoms with Gasteiger partial charge in [-0.15, -0.1) is 0 Å². The van der Waals surface area contributed by atoms with Crippen molar-refractivity contribution in [3.8, 4) is 11.5 Å². The lowest BCUT2D eigenvalue weighted by molar-refractivity contribution is -0.136. The topological polar surface area (TPSA) is 35.5 Å². The van der Waals surface area contributed by atoms with Gasteiger partial charge in [0.05, 0.1) is 0 Å². The second-order valence-corrected chi connectivity index (χ2v) is 6.40. The third-order valence-corrected chi connectivity index (χ3v) is 4.13. The van der Waals surface area contributed by atoms with Crippen LogP contribution < -0.4 is 9.47 Å². The van der Waals surface area contributed by atoms with Gasteiger partial charge in [-0.25, -0.2) is 4.79 Å². The van der Waals surface area contributed by atoms with E-state index in [1.165, 1.54) is 0 Å². The summed E-state index contributed by atoms with van der Waals surface area (Å²) in [6.45, 7) is -0.138. The Hall–Kier alpha value is -2.59. The van der Waals surface area contributed by atoms with Crippen molar-refractivity contribution < 1.29 is 14.3 Å². The van der Waals surface area contributed by atoms with Crippen LogP contribution in [0, 0.1) is 0 Å². The average molecular weight is 397 g/mol. The molecule has 3 nitrogen and oxygen atoms in total. The minimum Gasteiger partial charge on any atom is -0.482 e. The van der Waals surface area contributed by atoms with E-state index in [0.717, 1.165) is 15.6 Å². The molecule has 3 rings (SSSR count). The summed E-state index contributed by atoms with van der Waals surface area (Å²) in [7, 11) is 0. The highest BCUT2D eigenvalue weighted by atomic mass is 79.9. The van der Waals surface area contributed by atoms with Crippen molar-refractivity contribution in [1.29, 1.82) is 0 Å². The second kappa shape index (κ2) is 8.49. The van der Waals surface area contributed by atoms with Crippen LogP contribution in [-0.4, -0.2) is 12.6 Å². The van der Waals surface area contributed by atoms with E-state index in [4.69, 9.17) is 9.47 Å². The molecule has 0 aliphatic heterocycles. The highest BCUT2D eigenvalue weighted by Crippen LogP contribution is 2.22. The van der Waals surface area contributed by atoms with E-state index < -0.39 is 5.97 Å². The first-order chi connectivity index (χ1) is 12.2. The number of rotatable bonds is 6. The Labute approximate surface area is 155 Å². The fraction of sp³-hybridized carbons (Fsp3) is 0.0952. The number of carbonyl (C=O) groups is 1. The van der Waals surface area contributed by atoms with Gasteiger partial charge in [-0.2, -0.15) is 0 Å². The molecule has 126 valence electrons. The van der Waals surface area contributed by atoms with Gasteiger partial charge in [0.15, 0.2) is 6.61 Å². The van der Waals surface area contributed by atoms with Gasteiger partial charge in [0.2, 0.25) is 0 Å². The van der Waals surface area contributed by atoms with Gasteiger partial charge >= 0.3 is 5.97 Å². The monoisotopic (exact) mass is 396 g/mol. The summed E-state index contributed by atoms with van der Waals surface area (Å²) in [5, 5.41) is 0. The first-order valence-electron chi connectivity index (χ1n) is 7.91. The Morgan fingerprint density at radius 1 is 0.840 bits per heavy atom. The maximum Gasteiger partial charge on any atom is 0.349 e. The molecule has 0 aromatic heterocycles. The Balaban J connectivity index is 1.62. The maximum atomic E-state index is 12.1. The van der Waals surface area contributed by atoms with E-state index in [1.807, 2.05) is 48.5 Å². The molecule has 0 amide bonds. The summed E-state index contributed by atoms with van der Waals surface area (Å²) in [6, 6.07) is 24.9. The molecule has 0 radical (unpaired) electrons. The zero-order valence-electron chi connectivity index (χ0n) is 13.5. The predicted octanol–water partition coefficient (Wildman–Crippen LogP) is 5.02. The van der Waals surface area contributed by atoms with Crippen LogP contribution in [0.15, 0.2) is 83.3 Å². The first-order valence-corrected chi connectivity index (χ1v) is 8.71. The van der Waals surface area contributed by atoms with Crippen molar-refractivity contribution in [3.63, 3.8) is 0 Å². The number of hydrogen-bond acceptors (Lipinski definition) is 3. The summed E-state index contributed by atoms with van der Waals surface area (Å²) in [4.78, 5) is 12.1. The summed E-state index contributed by atoms with van der Waals surface area (Å²) >= 11 is 3.36. The number of esters is 1. The quantitative estimate of drug-likeness (QED) is 0.433. The second-order valence-electron chi connectivity index (χ2n) is 5.49. The third kappa shape index (κ3) is 5.19. The molecule has 0 saturated carbocycles. The molecule has 0 N–H and O–H groups in total. The number of halogens is 1. The highest BCUT2D eigenvalue weighted by molar-refractivity contribution is 9.10. The van der Waals surface area contributed by atoms with Crippen molar-refractivity contribution in [2.75, 3.05) is 6.61 Å². The fourth-order valence-electron chi connectivity index (χ4n) is 2.39. The van der Waals surface area contributed by atoms with Crippen LogP contribution in [0.3, 0.4) is 0 Å². The standard InChI is InChI=1S/C21H17BrO3/c22-18-10-12-19(13-11-18)24-15-21(23)25-20-9-5-4-8-17(20)14-16-6-2-1-3-7-16/h1-13H,14-15H2. The van der Waals surface area contributed by atoms with Crippen LogP contribution in [0.1, 0.15) is 11.1 Å². The van der Waals surface area contributed by atoms with Crippen LogP contribution in [0.4, 0.5) is 0 Å².